The number of carbonyl (C=O) groups excluding carboxylic acids is 1. The van der Waals surface area contributed by atoms with Gasteiger partial charge in [0.2, 0.25) is 23.8 Å². The Labute approximate surface area is 395 Å². The molecule has 15 aliphatic rings. The number of carbonyl (C=O) groups is 1. The fraction of sp³-hybridized carbons (Fsp3) is 0.980. The van der Waals surface area contributed by atoms with Gasteiger partial charge >= 0.3 is 0 Å². The zero-order valence-electron chi connectivity index (χ0n) is 41.1. The highest BCUT2D eigenvalue weighted by molar-refractivity contribution is 5.48. The molecule has 1 N–H and O–H groups in total. The molecule has 0 aromatic carbocycles. The van der Waals surface area contributed by atoms with Crippen molar-refractivity contribution in [3.63, 3.8) is 0 Å². The molecule has 6 bridgehead atoms. The van der Waals surface area contributed by atoms with Crippen LogP contribution in [-0.4, -0.2) is 104 Å². The second-order valence-electron chi connectivity index (χ2n) is 24.3. The monoisotopic (exact) mass is 948 g/mol. The second kappa shape index (κ2) is 16.4. The molecule has 15 fully saturated rings. The molecule has 0 radical (unpaired) electrons. The van der Waals surface area contributed by atoms with Gasteiger partial charge in [-0.3, -0.25) is 4.79 Å². The SMILES string of the molecule is C[C@@H]1CC[C@H]2[C@@H](C)C(OCC(COC3O[C@@H]4OC5(C)CC[C@H]6[C@H](C)CC[C@@H]([C@H]3C)[C@@]46OO5)(COC3O[C@@H]4OC5(C)CC[C@H]6[C@H](C)CC[C@@H]([C@H]3C)[C@@]46OO5)NC=O)O[C@@H]3OC4(C)CC[C@@H]1[C@]32OO4. The number of rotatable bonds is 11. The maximum atomic E-state index is 13.0. The van der Waals surface area contributed by atoms with E-state index in [4.69, 9.17) is 72.0 Å². The van der Waals surface area contributed by atoms with Gasteiger partial charge < -0.3 is 47.9 Å². The molecular formula is C50H77NO16. The lowest BCUT2D eigenvalue weighted by Crippen LogP contribution is -2.71. The summed E-state index contributed by atoms with van der Waals surface area (Å²) in [5.74, 6) is -1.10. The van der Waals surface area contributed by atoms with Gasteiger partial charge in [0.05, 0.1) is 19.8 Å². The van der Waals surface area contributed by atoms with E-state index in [-0.39, 0.29) is 73.1 Å². The maximum absolute atomic E-state index is 13.0. The van der Waals surface area contributed by atoms with Crippen molar-refractivity contribution < 1.29 is 76.8 Å². The van der Waals surface area contributed by atoms with Crippen molar-refractivity contribution in [1.82, 2.24) is 5.32 Å². The highest BCUT2D eigenvalue weighted by Gasteiger charge is 2.73. The Morgan fingerprint density at radius 3 is 1.07 bits per heavy atom. The van der Waals surface area contributed by atoms with Crippen LogP contribution >= 0.6 is 0 Å². The maximum Gasteiger partial charge on any atom is 0.207 e. The lowest BCUT2D eigenvalue weighted by molar-refractivity contribution is -0.578. The molecule has 1 amide bonds. The van der Waals surface area contributed by atoms with Crippen molar-refractivity contribution >= 4 is 6.41 Å². The van der Waals surface area contributed by atoms with Crippen molar-refractivity contribution in [3.05, 3.63) is 0 Å². The normalized spacial score (nSPS) is 58.0. The minimum atomic E-state index is -1.24. The smallest absolute Gasteiger partial charge is 0.207 e. The average Bonchev–Trinajstić information content (AvgIpc) is 3.79. The summed E-state index contributed by atoms with van der Waals surface area (Å²) in [6.45, 7) is 19.1. The van der Waals surface area contributed by atoms with Crippen LogP contribution in [0.3, 0.4) is 0 Å². The average molecular weight is 948 g/mol. The molecule has 12 aliphatic heterocycles. The quantitative estimate of drug-likeness (QED) is 0.164. The molecule has 12 heterocycles. The van der Waals surface area contributed by atoms with Crippen molar-refractivity contribution in [2.24, 2.45) is 71.0 Å². The largest absolute Gasteiger partial charge is 0.350 e. The zero-order chi connectivity index (χ0) is 46.5. The highest BCUT2D eigenvalue weighted by atomic mass is 17.3. The minimum Gasteiger partial charge on any atom is -0.350 e. The first-order chi connectivity index (χ1) is 32.0. The first-order valence-corrected chi connectivity index (χ1v) is 26.2. The summed E-state index contributed by atoms with van der Waals surface area (Å²) in [6.07, 6.45) is 7.32. The summed E-state index contributed by atoms with van der Waals surface area (Å²) < 4.78 is 61.7. The van der Waals surface area contributed by atoms with Crippen LogP contribution in [0.4, 0.5) is 0 Å². The van der Waals surface area contributed by atoms with Crippen LogP contribution in [-0.2, 0) is 76.8 Å². The fourth-order valence-electron chi connectivity index (χ4n) is 16.3. The summed E-state index contributed by atoms with van der Waals surface area (Å²) in [5.41, 5.74) is -3.50. The minimum absolute atomic E-state index is 0.0202. The van der Waals surface area contributed by atoms with Crippen LogP contribution in [0.1, 0.15) is 139 Å². The highest BCUT2D eigenvalue weighted by Crippen LogP contribution is 2.64. The standard InChI is InChI=1S/C50H77NO16/c1-26-10-13-35-29(4)38(56-41-48(35)32(26)16-19-44(7,59-41)62-65-48)53-22-47(51-25-52,23-54-39-30(5)36-14-11-27(2)33-17-20-45(8)60-42(57-39)49(33,36)66-63-45)24-55-40-31(6)37-15-12-28(3)34-18-21-46(9)61-43(58-40)50(34,37)67-64-46/h25-43H,10-24H2,1-9H3,(H,51,52)/t26-,27-,28-,29-,30-,31-,32+,33+,34+,35+,36+,37+,38?,39?,40?,41-,42-,43-,44?,45?,46?,47?,48-,49-,50-/m1/s1. The molecular weight excluding hydrogens is 871 g/mol. The zero-order valence-corrected chi connectivity index (χ0v) is 41.1. The Bertz CT molecular complexity index is 1680. The third-order valence-electron chi connectivity index (χ3n) is 20.2. The van der Waals surface area contributed by atoms with Crippen LogP contribution in [0, 0.1) is 71.0 Å². The molecule has 12 saturated heterocycles. The van der Waals surface area contributed by atoms with E-state index in [0.717, 1.165) is 57.8 Å². The van der Waals surface area contributed by atoms with Gasteiger partial charge in [0.15, 0.2) is 54.5 Å². The van der Waals surface area contributed by atoms with Crippen molar-refractivity contribution in [3.8, 4) is 0 Å². The van der Waals surface area contributed by atoms with E-state index in [0.29, 0.717) is 43.4 Å². The lowest BCUT2D eigenvalue weighted by Gasteiger charge is -2.60. The predicted octanol–water partition coefficient (Wildman–Crippen LogP) is 7.15. The number of hydrogen-bond donors (Lipinski definition) is 1. The Morgan fingerprint density at radius 2 is 0.776 bits per heavy atom. The van der Waals surface area contributed by atoms with Gasteiger partial charge in [-0.2, -0.15) is 0 Å². The molecule has 0 aromatic rings. The summed E-state index contributed by atoms with van der Waals surface area (Å²) in [4.78, 5) is 50.6. The number of fused-ring (bicyclic) bond motifs is 6. The summed E-state index contributed by atoms with van der Waals surface area (Å²) >= 11 is 0. The lowest BCUT2D eigenvalue weighted by atomic mass is 9.58. The van der Waals surface area contributed by atoms with Crippen LogP contribution in [0.15, 0.2) is 0 Å². The van der Waals surface area contributed by atoms with Gasteiger partial charge in [-0.25, -0.2) is 29.3 Å². The van der Waals surface area contributed by atoms with Gasteiger partial charge in [-0.1, -0.05) is 41.5 Å². The van der Waals surface area contributed by atoms with Gasteiger partial charge in [0.25, 0.3) is 0 Å². The van der Waals surface area contributed by atoms with Crippen LogP contribution in [0.2, 0.25) is 0 Å². The molecule has 6 unspecified atom stereocenters. The van der Waals surface area contributed by atoms with Crippen LogP contribution in [0.5, 0.6) is 0 Å². The summed E-state index contributed by atoms with van der Waals surface area (Å²) in [5, 5.41) is 3.15. The van der Waals surface area contributed by atoms with E-state index in [1.54, 1.807) is 0 Å². The Hall–Kier alpha value is -1.13. The van der Waals surface area contributed by atoms with Gasteiger partial charge in [-0.15, -0.1) is 0 Å². The molecule has 3 saturated carbocycles. The summed E-state index contributed by atoms with van der Waals surface area (Å²) in [6, 6.07) is 0. The third-order valence-corrected chi connectivity index (χ3v) is 20.2. The first kappa shape index (κ1) is 46.9. The molecule has 0 aromatic heterocycles. The molecule has 3 aliphatic carbocycles. The van der Waals surface area contributed by atoms with Gasteiger partial charge in [0.1, 0.15) is 5.54 Å². The number of ether oxygens (including phenoxy) is 9. The molecule has 67 heavy (non-hydrogen) atoms. The fourth-order valence-corrected chi connectivity index (χ4v) is 16.3. The van der Waals surface area contributed by atoms with Crippen molar-refractivity contribution in [1.29, 1.82) is 0 Å². The molecule has 15 rings (SSSR count). The summed E-state index contributed by atoms with van der Waals surface area (Å²) in [7, 11) is 0. The Kier molecular flexibility index (Phi) is 11.5. The molecule has 17 nitrogen and oxygen atoms in total. The molecule has 24 atom stereocenters. The van der Waals surface area contributed by atoms with Gasteiger partial charge in [-0.05, 0) is 114 Å². The number of hydrogen-bond acceptors (Lipinski definition) is 16. The molecule has 3 spiro atoms. The van der Waals surface area contributed by atoms with Crippen LogP contribution in [0.25, 0.3) is 0 Å². The van der Waals surface area contributed by atoms with E-state index in [1.807, 2.05) is 20.8 Å². The van der Waals surface area contributed by atoms with E-state index < -0.39 is 77.4 Å². The van der Waals surface area contributed by atoms with E-state index in [9.17, 15) is 4.79 Å². The predicted molar refractivity (Wildman–Crippen MR) is 230 cm³/mol. The Morgan fingerprint density at radius 1 is 0.463 bits per heavy atom. The van der Waals surface area contributed by atoms with Gasteiger partial charge in [0, 0.05) is 54.8 Å². The number of amides is 1. The van der Waals surface area contributed by atoms with E-state index in [2.05, 4.69) is 46.9 Å². The van der Waals surface area contributed by atoms with Crippen LogP contribution < -0.4 is 5.32 Å². The van der Waals surface area contributed by atoms with E-state index >= 15 is 0 Å². The third kappa shape index (κ3) is 6.96. The van der Waals surface area contributed by atoms with Crippen molar-refractivity contribution in [2.75, 3.05) is 19.8 Å². The molecule has 378 valence electrons. The first-order valence-electron chi connectivity index (χ1n) is 26.2. The second-order valence-corrected chi connectivity index (χ2v) is 24.3. The van der Waals surface area contributed by atoms with Crippen molar-refractivity contribution in [2.45, 2.75) is 217 Å². The van der Waals surface area contributed by atoms with E-state index in [1.165, 1.54) is 0 Å². The Balaban J connectivity index is 0.834. The molecule has 17 heteroatoms. The number of nitrogens with one attached hydrogen (secondary N) is 1. The topological polar surface area (TPSA) is 168 Å².